The van der Waals surface area contributed by atoms with Crippen LogP contribution >= 0.6 is 23.2 Å². The predicted molar refractivity (Wildman–Crippen MR) is 111 cm³/mol. The molecule has 0 aromatic heterocycles. The Kier molecular flexibility index (Phi) is 6.32. The van der Waals surface area contributed by atoms with Crippen molar-refractivity contribution < 1.29 is 38.0 Å². The maximum atomic E-state index is 12.8. The van der Waals surface area contributed by atoms with Crippen LogP contribution in [0.1, 0.15) is 27.7 Å². The Morgan fingerprint density at radius 1 is 0.969 bits per heavy atom. The van der Waals surface area contributed by atoms with Gasteiger partial charge in [0.2, 0.25) is 0 Å². The number of benzene rings is 1. The average molecular weight is 491 g/mol. The molecule has 0 bridgehead atoms. The van der Waals surface area contributed by atoms with Gasteiger partial charge < -0.3 is 28.4 Å². The van der Waals surface area contributed by atoms with Crippen molar-refractivity contribution in [1.29, 1.82) is 0 Å². The highest BCUT2D eigenvalue weighted by atomic mass is 35.5. The first-order valence-electron chi connectivity index (χ1n) is 9.97. The zero-order valence-electron chi connectivity index (χ0n) is 17.8. The SMILES string of the molecule is CC1(C)O[C@@H]2[C@@H](O1)[C@H](C(=O)NNC(=O)COc1ccc(Cl)cc1Cl)O[C@H]1OC(C)(C)O[C@@H]12. The summed E-state index contributed by atoms with van der Waals surface area (Å²) in [7, 11) is 0. The maximum Gasteiger partial charge on any atom is 0.276 e. The molecule has 176 valence electrons. The molecule has 2 amide bonds. The van der Waals surface area contributed by atoms with Crippen LogP contribution in [0.25, 0.3) is 0 Å². The van der Waals surface area contributed by atoms with Gasteiger partial charge in [0, 0.05) is 5.02 Å². The normalized spacial score (nSPS) is 32.0. The molecule has 0 radical (unpaired) electrons. The lowest BCUT2D eigenvalue weighted by molar-refractivity contribution is -0.231. The van der Waals surface area contributed by atoms with Crippen LogP contribution in [0, 0.1) is 0 Å². The molecule has 3 fully saturated rings. The van der Waals surface area contributed by atoms with Crippen LogP contribution in [0.3, 0.4) is 0 Å². The Hall–Kier alpha value is -1.66. The Labute approximate surface area is 194 Å². The van der Waals surface area contributed by atoms with Gasteiger partial charge in [0.1, 0.15) is 24.1 Å². The van der Waals surface area contributed by atoms with Gasteiger partial charge in [0.25, 0.3) is 11.8 Å². The fourth-order valence-corrected chi connectivity index (χ4v) is 4.26. The Balaban J connectivity index is 1.35. The molecule has 3 saturated heterocycles. The molecule has 3 aliphatic rings. The van der Waals surface area contributed by atoms with Gasteiger partial charge in [-0.1, -0.05) is 23.2 Å². The number of hydrogen-bond donors (Lipinski definition) is 2. The summed E-state index contributed by atoms with van der Waals surface area (Å²) in [5.74, 6) is -2.82. The zero-order valence-corrected chi connectivity index (χ0v) is 19.4. The molecule has 3 aliphatic heterocycles. The zero-order chi connectivity index (χ0) is 23.3. The van der Waals surface area contributed by atoms with E-state index in [-0.39, 0.29) is 17.4 Å². The van der Waals surface area contributed by atoms with Gasteiger partial charge in [-0.05, 0) is 45.9 Å². The first-order chi connectivity index (χ1) is 14.9. The van der Waals surface area contributed by atoms with Gasteiger partial charge in [-0.25, -0.2) is 0 Å². The van der Waals surface area contributed by atoms with Gasteiger partial charge in [-0.2, -0.15) is 0 Å². The molecule has 0 saturated carbocycles. The topological polar surface area (TPSA) is 114 Å². The van der Waals surface area contributed by atoms with Crippen molar-refractivity contribution in [3.63, 3.8) is 0 Å². The number of carbonyl (C=O) groups excluding carboxylic acids is 2. The van der Waals surface area contributed by atoms with E-state index >= 15 is 0 Å². The lowest BCUT2D eigenvalue weighted by Crippen LogP contribution is -2.61. The van der Waals surface area contributed by atoms with Crippen molar-refractivity contribution >= 4 is 35.0 Å². The maximum absolute atomic E-state index is 12.8. The third-order valence-corrected chi connectivity index (χ3v) is 5.52. The van der Waals surface area contributed by atoms with Crippen molar-refractivity contribution in [1.82, 2.24) is 10.9 Å². The standard InChI is InChI=1S/C20H24Cl2N2O8/c1-19(2)29-13-14(30-19)16-18(32-20(3,4)31-16)28-15(13)17(26)24-23-12(25)8-27-11-6-5-9(21)7-10(11)22/h5-7,13-16,18H,8H2,1-4H3,(H,23,25)(H,24,26)/t13-,14-,15-,16-,18+/m1/s1. The van der Waals surface area contributed by atoms with Crippen LogP contribution in [0.4, 0.5) is 0 Å². The van der Waals surface area contributed by atoms with Crippen LogP contribution in [-0.2, 0) is 33.3 Å². The summed E-state index contributed by atoms with van der Waals surface area (Å²) in [6.07, 6.45) is -3.84. The second kappa shape index (κ2) is 8.60. The third-order valence-electron chi connectivity index (χ3n) is 4.99. The third kappa shape index (κ3) is 4.96. The summed E-state index contributed by atoms with van der Waals surface area (Å²) in [4.78, 5) is 24.9. The lowest BCUT2D eigenvalue weighted by atomic mass is 9.98. The number of amides is 2. The summed E-state index contributed by atoms with van der Waals surface area (Å²) in [5, 5.41) is 0.696. The first kappa shape index (κ1) is 23.5. The number of carbonyl (C=O) groups is 2. The summed E-state index contributed by atoms with van der Waals surface area (Å²) in [6, 6.07) is 4.60. The Morgan fingerprint density at radius 3 is 2.34 bits per heavy atom. The van der Waals surface area contributed by atoms with Crippen molar-refractivity contribution in [3.8, 4) is 5.75 Å². The van der Waals surface area contributed by atoms with Crippen LogP contribution in [0.15, 0.2) is 18.2 Å². The molecular formula is C20H24Cl2N2O8. The highest BCUT2D eigenvalue weighted by Crippen LogP contribution is 2.44. The van der Waals surface area contributed by atoms with E-state index in [1.54, 1.807) is 33.8 Å². The molecule has 0 aliphatic carbocycles. The number of ether oxygens (including phenoxy) is 6. The van der Waals surface area contributed by atoms with Crippen molar-refractivity contribution in [2.24, 2.45) is 0 Å². The fourth-order valence-electron chi connectivity index (χ4n) is 3.80. The smallest absolute Gasteiger partial charge is 0.276 e. The van der Waals surface area contributed by atoms with E-state index in [1.165, 1.54) is 12.1 Å². The molecule has 0 unspecified atom stereocenters. The molecule has 4 rings (SSSR count). The molecule has 32 heavy (non-hydrogen) atoms. The number of hydrogen-bond acceptors (Lipinski definition) is 8. The highest BCUT2D eigenvalue weighted by molar-refractivity contribution is 6.35. The second-order valence-electron chi connectivity index (χ2n) is 8.49. The Bertz CT molecular complexity index is 912. The monoisotopic (exact) mass is 490 g/mol. The first-order valence-corrected chi connectivity index (χ1v) is 10.7. The van der Waals surface area contributed by atoms with Gasteiger partial charge in [-0.15, -0.1) is 0 Å². The molecule has 10 nitrogen and oxygen atoms in total. The quantitative estimate of drug-likeness (QED) is 0.615. The summed E-state index contributed by atoms with van der Waals surface area (Å²) < 4.78 is 34.7. The molecule has 3 heterocycles. The summed E-state index contributed by atoms with van der Waals surface area (Å²) >= 11 is 11.8. The number of fused-ring (bicyclic) bond motifs is 3. The average Bonchev–Trinajstić information content (AvgIpc) is 3.18. The predicted octanol–water partition coefficient (Wildman–Crippen LogP) is 1.92. The van der Waals surface area contributed by atoms with Gasteiger partial charge in [0.05, 0.1) is 5.02 Å². The van der Waals surface area contributed by atoms with E-state index < -0.39 is 54.1 Å². The second-order valence-corrected chi connectivity index (χ2v) is 9.33. The molecule has 2 N–H and O–H groups in total. The lowest BCUT2D eigenvalue weighted by Gasteiger charge is -2.36. The molecular weight excluding hydrogens is 467 g/mol. The van der Waals surface area contributed by atoms with Crippen LogP contribution in [-0.4, -0.2) is 60.7 Å². The van der Waals surface area contributed by atoms with Crippen LogP contribution < -0.4 is 15.6 Å². The number of halogens is 2. The summed E-state index contributed by atoms with van der Waals surface area (Å²) in [5.41, 5.74) is 4.60. The van der Waals surface area contributed by atoms with Crippen molar-refractivity contribution in [2.45, 2.75) is 70.0 Å². The minimum Gasteiger partial charge on any atom is -0.482 e. The largest absolute Gasteiger partial charge is 0.482 e. The Morgan fingerprint density at radius 2 is 1.62 bits per heavy atom. The van der Waals surface area contributed by atoms with Gasteiger partial charge >= 0.3 is 0 Å². The van der Waals surface area contributed by atoms with Gasteiger partial charge in [-0.3, -0.25) is 20.4 Å². The van der Waals surface area contributed by atoms with Gasteiger partial charge in [0.15, 0.2) is 30.6 Å². The highest BCUT2D eigenvalue weighted by Gasteiger charge is 2.62. The molecule has 0 spiro atoms. The fraction of sp³-hybridized carbons (Fsp3) is 0.600. The minimum atomic E-state index is -1.10. The van der Waals surface area contributed by atoms with Crippen LogP contribution in [0.2, 0.25) is 10.0 Å². The number of rotatable bonds is 4. The summed E-state index contributed by atoms with van der Waals surface area (Å²) in [6.45, 7) is 6.57. The minimum absolute atomic E-state index is 0.258. The van der Waals surface area contributed by atoms with Crippen molar-refractivity contribution in [2.75, 3.05) is 6.61 Å². The number of hydrazine groups is 1. The molecule has 1 aromatic carbocycles. The van der Waals surface area contributed by atoms with E-state index in [2.05, 4.69) is 10.9 Å². The van der Waals surface area contributed by atoms with E-state index in [9.17, 15) is 9.59 Å². The molecule has 1 aromatic rings. The van der Waals surface area contributed by atoms with E-state index in [1.807, 2.05) is 0 Å². The molecule has 5 atom stereocenters. The molecule has 12 heteroatoms. The van der Waals surface area contributed by atoms with Crippen LogP contribution in [0.5, 0.6) is 5.75 Å². The van der Waals surface area contributed by atoms with Crippen molar-refractivity contribution in [3.05, 3.63) is 28.2 Å². The number of nitrogens with one attached hydrogen (secondary N) is 2. The van der Waals surface area contributed by atoms with E-state index in [0.717, 1.165) is 0 Å². The van der Waals surface area contributed by atoms with E-state index in [0.29, 0.717) is 5.02 Å². The van der Waals surface area contributed by atoms with E-state index in [4.69, 9.17) is 51.6 Å².